The maximum Gasteiger partial charge on any atom is 0.399 e. The zero-order valence-electron chi connectivity index (χ0n) is 15.7. The van der Waals surface area contributed by atoms with Crippen LogP contribution in [0.4, 0.5) is 17.6 Å². The molecule has 31 heavy (non-hydrogen) atoms. The molecule has 1 unspecified atom stereocenters. The summed E-state index contributed by atoms with van der Waals surface area (Å²) in [4.78, 5) is 12.1. The second-order valence-electron chi connectivity index (χ2n) is 7.13. The molecule has 168 valence electrons. The summed E-state index contributed by atoms with van der Waals surface area (Å²) in [5.74, 6) is -3.66. The molecule has 0 aromatic heterocycles. The van der Waals surface area contributed by atoms with Gasteiger partial charge in [-0.15, -0.1) is 0 Å². The van der Waals surface area contributed by atoms with Gasteiger partial charge >= 0.3 is 6.18 Å². The van der Waals surface area contributed by atoms with Gasteiger partial charge in [0.05, 0.1) is 29.0 Å². The zero-order valence-corrected chi connectivity index (χ0v) is 18.0. The number of hydrogen-bond acceptors (Lipinski definition) is 3. The highest BCUT2D eigenvalue weighted by molar-refractivity contribution is 8.25. The molecule has 1 amide bonds. The van der Waals surface area contributed by atoms with Crippen LogP contribution in [0.2, 0.25) is 10.0 Å². The van der Waals surface area contributed by atoms with Crippen LogP contribution in [-0.2, 0) is 0 Å². The largest absolute Gasteiger partial charge is 0.399 e. The summed E-state index contributed by atoms with van der Waals surface area (Å²) in [5.41, 5.74) is -0.340. The van der Waals surface area contributed by atoms with Gasteiger partial charge in [-0.3, -0.25) is 13.9 Å². The minimum absolute atomic E-state index is 0.00747. The first-order chi connectivity index (χ1) is 14.3. The van der Waals surface area contributed by atoms with E-state index in [1.54, 1.807) is 0 Å². The van der Waals surface area contributed by atoms with E-state index < -0.39 is 40.5 Å². The topological polar surface area (TPSA) is 69.6 Å². The molecule has 3 N–H and O–H groups in total. The average molecular weight is 498 g/mol. The predicted octanol–water partition coefficient (Wildman–Crippen LogP) is 6.35. The zero-order chi connectivity index (χ0) is 23.0. The fraction of sp³-hybridized carbons (Fsp3) is 0.250. The van der Waals surface area contributed by atoms with E-state index in [-0.39, 0.29) is 38.2 Å². The molecule has 1 saturated heterocycles. The second-order valence-corrected chi connectivity index (χ2v) is 10.3. The summed E-state index contributed by atoms with van der Waals surface area (Å²) in [6.45, 7) is 0. The molecule has 0 saturated carbocycles. The highest BCUT2D eigenvalue weighted by Gasteiger charge is 2.39. The van der Waals surface area contributed by atoms with Crippen LogP contribution < -0.4 is 5.32 Å². The first-order valence-corrected chi connectivity index (χ1v) is 11.5. The van der Waals surface area contributed by atoms with Crippen molar-refractivity contribution in [3.05, 3.63) is 75.0 Å². The number of hydrogen-bond donors (Lipinski definition) is 3. The van der Waals surface area contributed by atoms with Gasteiger partial charge in [-0.1, -0.05) is 41.4 Å². The van der Waals surface area contributed by atoms with Crippen molar-refractivity contribution in [2.45, 2.75) is 18.1 Å². The molecule has 1 aliphatic rings. The SMILES string of the molecule is O=C(NC1CS(O)(O)C1)c1ccc(/C=C/C(c2cc(Cl)cc(Cl)c2)C(F)(F)F)cc1F. The van der Waals surface area contributed by atoms with Gasteiger partial charge in [0.1, 0.15) is 5.82 Å². The standard InChI is InChI=1S/C20H17Cl2F4NO3S/c21-13-6-12(7-14(22)8-13)17(20(24,25)26)4-2-11-1-3-16(18(23)5-11)19(28)27-15-9-31(29,30)10-15/h1-8,15,17,29-30H,9-10H2,(H,27,28)/b4-2+. The number of alkyl halides is 3. The summed E-state index contributed by atoms with van der Waals surface area (Å²) in [6, 6.07) is 6.56. The van der Waals surface area contributed by atoms with Crippen LogP contribution in [0.25, 0.3) is 6.08 Å². The number of rotatable bonds is 5. The molecule has 1 heterocycles. The Morgan fingerprint density at radius 1 is 1.13 bits per heavy atom. The Balaban J connectivity index is 1.77. The van der Waals surface area contributed by atoms with E-state index in [1.165, 1.54) is 12.1 Å². The number of allylic oxidation sites excluding steroid dienone is 1. The lowest BCUT2D eigenvalue weighted by Gasteiger charge is -2.47. The number of nitrogens with one attached hydrogen (secondary N) is 1. The van der Waals surface area contributed by atoms with Crippen LogP contribution in [0.3, 0.4) is 0 Å². The van der Waals surface area contributed by atoms with E-state index >= 15 is 0 Å². The van der Waals surface area contributed by atoms with Crippen molar-refractivity contribution in [1.29, 1.82) is 0 Å². The number of halogens is 6. The van der Waals surface area contributed by atoms with Crippen LogP contribution in [0, 0.1) is 5.82 Å². The van der Waals surface area contributed by atoms with Crippen molar-refractivity contribution in [2.75, 3.05) is 11.5 Å². The van der Waals surface area contributed by atoms with E-state index in [2.05, 4.69) is 5.32 Å². The Labute approximate surface area is 187 Å². The summed E-state index contributed by atoms with van der Waals surface area (Å²) in [6.07, 6.45) is -2.68. The number of amides is 1. The molecule has 1 atom stereocenters. The van der Waals surface area contributed by atoms with E-state index in [4.69, 9.17) is 23.2 Å². The van der Waals surface area contributed by atoms with Crippen LogP contribution in [0.15, 0.2) is 42.5 Å². The third-order valence-electron chi connectivity index (χ3n) is 4.59. The number of carbonyl (C=O) groups excluding carboxylic acids is 1. The molecule has 1 aliphatic heterocycles. The van der Waals surface area contributed by atoms with Crippen molar-refractivity contribution in [1.82, 2.24) is 5.32 Å². The lowest BCUT2D eigenvalue weighted by Crippen LogP contribution is -2.50. The molecule has 3 rings (SSSR count). The van der Waals surface area contributed by atoms with Gasteiger partial charge in [0.15, 0.2) is 0 Å². The highest BCUT2D eigenvalue weighted by Crippen LogP contribution is 2.48. The fourth-order valence-corrected chi connectivity index (χ4v) is 5.03. The van der Waals surface area contributed by atoms with Gasteiger partial charge in [0.2, 0.25) is 0 Å². The fourth-order valence-electron chi connectivity index (χ4n) is 3.13. The molecular formula is C20H17Cl2F4NO3S. The molecular weight excluding hydrogens is 481 g/mol. The van der Waals surface area contributed by atoms with Crippen molar-refractivity contribution in [3.8, 4) is 0 Å². The third kappa shape index (κ3) is 6.14. The van der Waals surface area contributed by atoms with E-state index in [0.717, 1.165) is 36.4 Å². The first kappa shape index (κ1) is 23.9. The molecule has 0 spiro atoms. The maximum atomic E-state index is 14.4. The van der Waals surface area contributed by atoms with Crippen LogP contribution >= 0.6 is 33.8 Å². The summed E-state index contributed by atoms with van der Waals surface area (Å²) in [7, 11) is -2.66. The molecule has 11 heteroatoms. The third-order valence-corrected chi connectivity index (χ3v) is 6.90. The Bertz CT molecular complexity index is 1000. The highest BCUT2D eigenvalue weighted by atomic mass is 35.5. The van der Waals surface area contributed by atoms with Crippen molar-refractivity contribution >= 4 is 45.8 Å². The van der Waals surface area contributed by atoms with Gasteiger partial charge in [-0.25, -0.2) is 4.39 Å². The molecule has 0 radical (unpaired) electrons. The summed E-state index contributed by atoms with van der Waals surface area (Å²) >= 11 is 11.6. The van der Waals surface area contributed by atoms with Crippen LogP contribution in [0.5, 0.6) is 0 Å². The van der Waals surface area contributed by atoms with Crippen LogP contribution in [-0.4, -0.2) is 38.7 Å². The number of carbonyl (C=O) groups is 1. The van der Waals surface area contributed by atoms with Gasteiger partial charge in [-0.05, 0) is 41.5 Å². The van der Waals surface area contributed by atoms with E-state index in [1.807, 2.05) is 0 Å². The smallest absolute Gasteiger partial charge is 0.346 e. The van der Waals surface area contributed by atoms with Gasteiger partial charge < -0.3 is 5.32 Å². The molecule has 2 aromatic carbocycles. The minimum Gasteiger partial charge on any atom is -0.346 e. The van der Waals surface area contributed by atoms with E-state index in [9.17, 15) is 31.5 Å². The van der Waals surface area contributed by atoms with Crippen molar-refractivity contribution in [2.24, 2.45) is 0 Å². The van der Waals surface area contributed by atoms with Gasteiger partial charge in [0, 0.05) is 10.0 Å². The van der Waals surface area contributed by atoms with Crippen molar-refractivity contribution < 1.29 is 31.5 Å². The molecule has 2 aromatic rings. The Kier molecular flexibility index (Phi) is 6.93. The lowest BCUT2D eigenvalue weighted by molar-refractivity contribution is -0.139. The number of benzene rings is 2. The summed E-state index contributed by atoms with van der Waals surface area (Å²) in [5, 5.41) is 2.59. The van der Waals surface area contributed by atoms with E-state index in [0.29, 0.717) is 0 Å². The lowest BCUT2D eigenvalue weighted by atomic mass is 9.97. The second kappa shape index (κ2) is 8.99. The Hall–Kier alpha value is -1.78. The minimum atomic E-state index is -4.64. The van der Waals surface area contributed by atoms with Crippen molar-refractivity contribution in [3.63, 3.8) is 0 Å². The summed E-state index contributed by atoms with van der Waals surface area (Å²) < 4.78 is 73.7. The molecule has 1 fully saturated rings. The van der Waals surface area contributed by atoms with Crippen LogP contribution in [0.1, 0.15) is 27.4 Å². The monoisotopic (exact) mass is 497 g/mol. The molecule has 0 aliphatic carbocycles. The quantitative estimate of drug-likeness (QED) is 0.421. The molecule has 0 bridgehead atoms. The molecule has 4 nitrogen and oxygen atoms in total. The Morgan fingerprint density at radius 2 is 1.74 bits per heavy atom. The van der Waals surface area contributed by atoms with Gasteiger partial charge in [-0.2, -0.15) is 23.8 Å². The average Bonchev–Trinajstić information content (AvgIpc) is 2.58. The first-order valence-electron chi connectivity index (χ1n) is 8.89. The Morgan fingerprint density at radius 3 is 2.26 bits per heavy atom. The van der Waals surface area contributed by atoms with Gasteiger partial charge in [0.25, 0.3) is 5.91 Å². The predicted molar refractivity (Wildman–Crippen MR) is 115 cm³/mol. The normalized spacial score (nSPS) is 18.5. The maximum absolute atomic E-state index is 14.4.